The molecule has 0 unspecified atom stereocenters. The van der Waals surface area contributed by atoms with Crippen LogP contribution in [0.4, 0.5) is 14.6 Å². The summed E-state index contributed by atoms with van der Waals surface area (Å²) in [5.41, 5.74) is 0.583. The molecule has 48 heavy (non-hydrogen) atoms. The van der Waals surface area contributed by atoms with E-state index in [9.17, 15) is 17.6 Å². The third kappa shape index (κ3) is 5.89. The van der Waals surface area contributed by atoms with Crippen LogP contribution >= 0.6 is 0 Å². The lowest BCUT2D eigenvalue weighted by molar-refractivity contribution is -0.154. The summed E-state index contributed by atoms with van der Waals surface area (Å²) in [6, 6.07) is 18.1. The molecule has 5 aromatic rings. The van der Waals surface area contributed by atoms with E-state index in [0.29, 0.717) is 17.6 Å². The summed E-state index contributed by atoms with van der Waals surface area (Å²) in [5.74, 6) is -1.32. The van der Waals surface area contributed by atoms with E-state index in [1.165, 1.54) is 18.3 Å². The van der Waals surface area contributed by atoms with Crippen LogP contribution in [-0.2, 0) is 19.6 Å². The fourth-order valence-corrected chi connectivity index (χ4v) is 8.50. The van der Waals surface area contributed by atoms with E-state index in [1.54, 1.807) is 49.4 Å². The van der Waals surface area contributed by atoms with Gasteiger partial charge in [-0.15, -0.1) is 0 Å². The molecule has 3 aliphatic carbocycles. The van der Waals surface area contributed by atoms with Crippen molar-refractivity contribution in [2.75, 3.05) is 11.9 Å². The number of halogens is 2. The molecule has 0 amide bonds. The highest BCUT2D eigenvalue weighted by Crippen LogP contribution is 2.47. The Bertz CT molecular complexity index is 2100. The first-order chi connectivity index (χ1) is 23.1. The van der Waals surface area contributed by atoms with Crippen molar-refractivity contribution in [3.63, 3.8) is 0 Å². The third-order valence-electron chi connectivity index (χ3n) is 9.36. The summed E-state index contributed by atoms with van der Waals surface area (Å²) in [6.07, 6.45) is 4.99. The van der Waals surface area contributed by atoms with Crippen LogP contribution in [0.1, 0.15) is 38.2 Å². The largest absolute Gasteiger partial charge is 0.466 e. The van der Waals surface area contributed by atoms with Gasteiger partial charge in [-0.2, -0.15) is 4.98 Å². The smallest absolute Gasteiger partial charge is 0.311 e. The number of carbonyl (C=O) groups is 1. The summed E-state index contributed by atoms with van der Waals surface area (Å²) < 4.78 is 70.4. The van der Waals surface area contributed by atoms with Crippen LogP contribution in [-0.4, -0.2) is 41.0 Å². The molecule has 2 atom stereocenters. The number of fused-ring (bicyclic) bond motifs is 4. The van der Waals surface area contributed by atoms with E-state index in [2.05, 4.69) is 10.3 Å². The van der Waals surface area contributed by atoms with Gasteiger partial charge in [0, 0.05) is 35.3 Å². The lowest BCUT2D eigenvalue weighted by Gasteiger charge is -2.47. The number of rotatable bonds is 9. The Morgan fingerprint density at radius 2 is 1.67 bits per heavy atom. The number of nitrogens with one attached hydrogen (secondary N) is 1. The maximum atomic E-state index is 15.5. The minimum absolute atomic E-state index is 0.0209. The zero-order valence-electron chi connectivity index (χ0n) is 26.4. The molecule has 1 N–H and O–H groups in total. The molecule has 2 heterocycles. The quantitative estimate of drug-likeness (QED) is 0.160. The number of aryl methyl sites for hydroxylation is 1. The number of hydrogen-bond acceptors (Lipinski definition) is 8. The van der Waals surface area contributed by atoms with Crippen molar-refractivity contribution in [3.05, 3.63) is 96.2 Å². The van der Waals surface area contributed by atoms with Crippen molar-refractivity contribution in [3.8, 4) is 23.0 Å². The van der Waals surface area contributed by atoms with Gasteiger partial charge in [0.1, 0.15) is 22.9 Å². The summed E-state index contributed by atoms with van der Waals surface area (Å²) >= 11 is 0. The second kappa shape index (κ2) is 12.6. The minimum Gasteiger partial charge on any atom is -0.466 e. The van der Waals surface area contributed by atoms with E-state index < -0.39 is 21.7 Å². The Labute approximate surface area is 277 Å². The standard InChI is InChI=1S/C36H34F2N4O5S/c1-3-46-36(43)32-22-11-13-23(14-12-22)33(32)39-30-19-31(47-25-7-5-4-6-8-25)41-35(40-30)28-20-42(34-27(28)17-24(37)18-29(34)38)48(44,45)26-15-9-21(2)10-16-26/h4-10,15-20,22-23,32-33H,3,11-14H2,1-2H3,(H,39,40,41)/t22?,23?,32-,33-/m0/s1. The van der Waals surface area contributed by atoms with Crippen molar-refractivity contribution in [2.24, 2.45) is 17.8 Å². The van der Waals surface area contributed by atoms with Gasteiger partial charge in [0.2, 0.25) is 5.88 Å². The highest BCUT2D eigenvalue weighted by atomic mass is 32.2. The molecule has 0 saturated heterocycles. The van der Waals surface area contributed by atoms with Crippen LogP contribution in [0.3, 0.4) is 0 Å². The number of ether oxygens (including phenoxy) is 2. The van der Waals surface area contributed by atoms with Crippen molar-refractivity contribution in [1.29, 1.82) is 0 Å². The molecular formula is C36H34F2N4O5S. The molecule has 0 spiro atoms. The van der Waals surface area contributed by atoms with Gasteiger partial charge < -0.3 is 14.8 Å². The number of anilines is 1. The van der Waals surface area contributed by atoms with Gasteiger partial charge in [0.05, 0.1) is 17.4 Å². The monoisotopic (exact) mass is 672 g/mol. The van der Waals surface area contributed by atoms with Gasteiger partial charge in [-0.25, -0.2) is 26.2 Å². The van der Waals surface area contributed by atoms with E-state index in [1.807, 2.05) is 13.0 Å². The predicted molar refractivity (Wildman–Crippen MR) is 176 cm³/mol. The van der Waals surface area contributed by atoms with Crippen LogP contribution in [0.5, 0.6) is 11.6 Å². The summed E-state index contributed by atoms with van der Waals surface area (Å²) in [4.78, 5) is 22.4. The molecule has 248 valence electrons. The first-order valence-corrected chi connectivity index (χ1v) is 17.4. The van der Waals surface area contributed by atoms with Gasteiger partial charge in [-0.1, -0.05) is 35.9 Å². The summed E-state index contributed by atoms with van der Waals surface area (Å²) in [5, 5.41) is 3.44. The first-order valence-electron chi connectivity index (χ1n) is 16.0. The van der Waals surface area contributed by atoms with E-state index in [0.717, 1.165) is 41.3 Å². The Morgan fingerprint density at radius 3 is 2.38 bits per heavy atom. The van der Waals surface area contributed by atoms with Crippen LogP contribution in [0.25, 0.3) is 22.3 Å². The maximum Gasteiger partial charge on any atom is 0.311 e. The molecule has 8 rings (SSSR count). The Morgan fingerprint density at radius 1 is 0.958 bits per heavy atom. The highest BCUT2D eigenvalue weighted by Gasteiger charge is 2.48. The normalized spacial score (nSPS) is 20.5. The minimum atomic E-state index is -4.32. The van der Waals surface area contributed by atoms with E-state index >= 15 is 4.39 Å². The number of para-hydroxylation sites is 1. The number of esters is 1. The molecule has 3 aromatic carbocycles. The molecule has 0 aliphatic heterocycles. The van der Waals surface area contributed by atoms with Gasteiger partial charge in [0.15, 0.2) is 11.6 Å². The number of hydrogen-bond donors (Lipinski definition) is 1. The number of aromatic nitrogens is 3. The maximum absolute atomic E-state index is 15.5. The molecule has 3 fully saturated rings. The highest BCUT2D eigenvalue weighted by molar-refractivity contribution is 7.90. The third-order valence-corrected chi connectivity index (χ3v) is 11.0. The fraction of sp³-hybridized carbons (Fsp3) is 0.306. The van der Waals surface area contributed by atoms with E-state index in [4.69, 9.17) is 14.5 Å². The average Bonchev–Trinajstić information content (AvgIpc) is 3.47. The topological polar surface area (TPSA) is 112 Å². The van der Waals surface area contributed by atoms with Crippen LogP contribution in [0.15, 0.2) is 83.9 Å². The average molecular weight is 673 g/mol. The number of nitrogens with zero attached hydrogens (tertiary/aromatic N) is 3. The molecule has 3 saturated carbocycles. The first kappa shape index (κ1) is 31.7. The molecule has 0 radical (unpaired) electrons. The molecule has 2 aromatic heterocycles. The number of carbonyl (C=O) groups excluding carboxylic acids is 1. The summed E-state index contributed by atoms with van der Waals surface area (Å²) in [7, 11) is -4.32. The van der Waals surface area contributed by atoms with Gasteiger partial charge in [-0.3, -0.25) is 4.79 Å². The SMILES string of the molecule is CCOC(=O)[C@H]1C2CCC(CC2)[C@@H]1Nc1cc(Oc2ccccc2)nc(-c2cn(S(=O)(=O)c3ccc(C)cc3)c3c(F)cc(F)cc23)n1. The molecule has 12 heteroatoms. The Hall–Kier alpha value is -4.84. The van der Waals surface area contributed by atoms with E-state index in [-0.39, 0.29) is 69.4 Å². The summed E-state index contributed by atoms with van der Waals surface area (Å²) in [6.45, 7) is 3.88. The van der Waals surface area contributed by atoms with Crippen LogP contribution in [0, 0.1) is 36.3 Å². The van der Waals surface area contributed by atoms with Gasteiger partial charge >= 0.3 is 5.97 Å². The van der Waals surface area contributed by atoms with Crippen molar-refractivity contribution >= 4 is 32.7 Å². The molecule has 3 aliphatic rings. The number of benzene rings is 3. The lowest BCUT2D eigenvalue weighted by Crippen LogP contribution is -2.52. The van der Waals surface area contributed by atoms with Crippen molar-refractivity contribution < 1.29 is 31.5 Å². The van der Waals surface area contributed by atoms with Crippen LogP contribution in [0.2, 0.25) is 0 Å². The van der Waals surface area contributed by atoms with Crippen LogP contribution < -0.4 is 10.1 Å². The zero-order chi connectivity index (χ0) is 33.6. The molecular weight excluding hydrogens is 638 g/mol. The van der Waals surface area contributed by atoms with Gasteiger partial charge in [-0.05, 0) is 81.7 Å². The van der Waals surface area contributed by atoms with Gasteiger partial charge in [0.25, 0.3) is 10.0 Å². The van der Waals surface area contributed by atoms with Crippen molar-refractivity contribution in [1.82, 2.24) is 13.9 Å². The predicted octanol–water partition coefficient (Wildman–Crippen LogP) is 7.49. The zero-order valence-corrected chi connectivity index (χ0v) is 27.2. The second-order valence-corrected chi connectivity index (χ2v) is 14.2. The molecule has 9 nitrogen and oxygen atoms in total. The Kier molecular flexibility index (Phi) is 8.36. The second-order valence-electron chi connectivity index (χ2n) is 12.4. The Balaban J connectivity index is 1.38. The van der Waals surface area contributed by atoms with Crippen molar-refractivity contribution in [2.45, 2.75) is 50.5 Å². The lowest BCUT2D eigenvalue weighted by atomic mass is 9.61. The molecule has 2 bridgehead atoms. The fourth-order valence-electron chi connectivity index (χ4n) is 7.12.